The van der Waals surface area contributed by atoms with E-state index in [0.29, 0.717) is 17.7 Å². The molecule has 1 atom stereocenters. The Morgan fingerprint density at radius 2 is 1.82 bits per heavy atom. The molecule has 1 aromatic carbocycles. The van der Waals surface area contributed by atoms with Crippen molar-refractivity contribution in [3.63, 3.8) is 0 Å². The summed E-state index contributed by atoms with van der Waals surface area (Å²) in [6.07, 6.45) is 2.40. The second-order valence-corrected chi connectivity index (χ2v) is 6.23. The summed E-state index contributed by atoms with van der Waals surface area (Å²) >= 11 is 1.60. The van der Waals surface area contributed by atoms with Crippen LogP contribution in [0.5, 0.6) is 0 Å². The lowest BCUT2D eigenvalue weighted by Gasteiger charge is -2.08. The third kappa shape index (κ3) is 3.17. The Bertz CT molecular complexity index is 694. The van der Waals surface area contributed by atoms with Gasteiger partial charge in [-0.1, -0.05) is 37.3 Å². The van der Waals surface area contributed by atoms with E-state index in [4.69, 9.17) is 0 Å². The van der Waals surface area contributed by atoms with Gasteiger partial charge in [0.05, 0.1) is 5.56 Å². The molecule has 0 amide bonds. The molecule has 1 heterocycles. The summed E-state index contributed by atoms with van der Waals surface area (Å²) in [5, 5.41) is 19.2. The van der Waals surface area contributed by atoms with Crippen molar-refractivity contribution in [1.82, 2.24) is 4.98 Å². The summed E-state index contributed by atoms with van der Waals surface area (Å²) < 4.78 is 0. The maximum Gasteiger partial charge on any atom is 0.352 e. The molecule has 3 N–H and O–H groups in total. The van der Waals surface area contributed by atoms with Gasteiger partial charge < -0.3 is 15.2 Å². The molecule has 0 radical (unpaired) electrons. The van der Waals surface area contributed by atoms with E-state index in [1.807, 2.05) is 13.2 Å². The fourth-order valence-electron chi connectivity index (χ4n) is 2.37. The number of aromatic carboxylic acids is 2. The van der Waals surface area contributed by atoms with E-state index >= 15 is 0 Å². The van der Waals surface area contributed by atoms with Crippen LogP contribution in [0.1, 0.15) is 33.5 Å². The maximum absolute atomic E-state index is 11.7. The van der Waals surface area contributed by atoms with Gasteiger partial charge in [0.25, 0.3) is 0 Å². The van der Waals surface area contributed by atoms with Crippen molar-refractivity contribution in [2.45, 2.75) is 18.6 Å². The van der Waals surface area contributed by atoms with Crippen LogP contribution in [0, 0.1) is 0 Å². The number of H-pyrrole nitrogens is 1. The molecular formula is C16H17NO4S. The van der Waals surface area contributed by atoms with Crippen molar-refractivity contribution in [2.75, 3.05) is 6.26 Å². The molecule has 22 heavy (non-hydrogen) atoms. The first-order valence-corrected chi connectivity index (χ1v) is 8.04. The lowest BCUT2D eigenvalue weighted by atomic mass is 9.99. The smallest absolute Gasteiger partial charge is 0.352 e. The molecule has 116 valence electrons. The first-order chi connectivity index (χ1) is 10.5. The van der Waals surface area contributed by atoms with Crippen molar-refractivity contribution in [1.29, 1.82) is 0 Å². The van der Waals surface area contributed by atoms with Gasteiger partial charge in [0, 0.05) is 16.5 Å². The van der Waals surface area contributed by atoms with E-state index in [0.717, 1.165) is 0 Å². The number of hydrogen-bond acceptors (Lipinski definition) is 3. The Morgan fingerprint density at radius 3 is 2.32 bits per heavy atom. The Labute approximate surface area is 132 Å². The molecule has 1 unspecified atom stereocenters. The molecule has 0 saturated carbocycles. The summed E-state index contributed by atoms with van der Waals surface area (Å²) in [4.78, 5) is 26.0. The molecule has 0 aliphatic heterocycles. The second-order valence-electron chi connectivity index (χ2n) is 4.96. The van der Waals surface area contributed by atoms with Crippen molar-refractivity contribution in [3.8, 4) is 11.1 Å². The van der Waals surface area contributed by atoms with Crippen LogP contribution in [0.25, 0.3) is 11.1 Å². The van der Waals surface area contributed by atoms with Crippen molar-refractivity contribution >= 4 is 23.7 Å². The minimum absolute atomic E-state index is 0.0458. The van der Waals surface area contributed by atoms with Crippen LogP contribution >= 0.6 is 11.8 Å². The number of benzene rings is 1. The van der Waals surface area contributed by atoms with Crippen molar-refractivity contribution in [3.05, 3.63) is 47.3 Å². The van der Waals surface area contributed by atoms with E-state index in [1.54, 1.807) is 42.1 Å². The van der Waals surface area contributed by atoms with Crippen LogP contribution in [0.4, 0.5) is 0 Å². The lowest BCUT2D eigenvalue weighted by Crippen LogP contribution is -2.07. The minimum atomic E-state index is -1.16. The SMILES string of the molecule is CSC(C)Cc1[nH]c(C(=O)O)c(-c2ccccc2)c1C(=O)O. The van der Waals surface area contributed by atoms with Gasteiger partial charge in [-0.2, -0.15) is 11.8 Å². The van der Waals surface area contributed by atoms with Gasteiger partial charge in [0.2, 0.25) is 0 Å². The molecule has 0 bridgehead atoms. The molecule has 0 fully saturated rings. The largest absolute Gasteiger partial charge is 0.478 e. The van der Waals surface area contributed by atoms with Gasteiger partial charge in [-0.15, -0.1) is 0 Å². The number of aromatic nitrogens is 1. The summed E-state index contributed by atoms with van der Waals surface area (Å²) in [7, 11) is 0. The van der Waals surface area contributed by atoms with E-state index in [2.05, 4.69) is 4.98 Å². The summed E-state index contributed by atoms with van der Waals surface area (Å²) in [5.41, 5.74) is 1.24. The second kappa shape index (κ2) is 6.70. The number of hydrogen-bond donors (Lipinski definition) is 3. The normalized spacial score (nSPS) is 12.1. The van der Waals surface area contributed by atoms with Gasteiger partial charge >= 0.3 is 11.9 Å². The molecule has 5 nitrogen and oxygen atoms in total. The van der Waals surface area contributed by atoms with Gasteiger partial charge in [0.1, 0.15) is 5.69 Å². The van der Waals surface area contributed by atoms with Gasteiger partial charge in [-0.25, -0.2) is 9.59 Å². The third-order valence-corrected chi connectivity index (χ3v) is 4.43. The first kappa shape index (κ1) is 16.2. The Morgan fingerprint density at radius 1 is 1.18 bits per heavy atom. The summed E-state index contributed by atoms with van der Waals surface area (Å²) in [6.45, 7) is 1.97. The fraction of sp³-hybridized carbons (Fsp3) is 0.250. The van der Waals surface area contributed by atoms with Crippen LogP contribution in [0.2, 0.25) is 0 Å². The number of carboxylic acid groups (broad SMARTS) is 2. The topological polar surface area (TPSA) is 90.4 Å². The van der Waals surface area contributed by atoms with E-state index in [9.17, 15) is 19.8 Å². The maximum atomic E-state index is 11.7. The number of carbonyl (C=O) groups is 2. The fourth-order valence-corrected chi connectivity index (χ4v) is 2.70. The van der Waals surface area contributed by atoms with Crippen molar-refractivity contribution in [2.24, 2.45) is 0 Å². The zero-order valence-corrected chi connectivity index (χ0v) is 13.1. The predicted octanol–water partition coefficient (Wildman–Crippen LogP) is 3.37. The number of thioether (sulfide) groups is 1. The highest BCUT2D eigenvalue weighted by molar-refractivity contribution is 7.99. The Kier molecular flexibility index (Phi) is 4.92. The van der Waals surface area contributed by atoms with Crippen LogP contribution < -0.4 is 0 Å². The van der Waals surface area contributed by atoms with Crippen LogP contribution in [0.15, 0.2) is 30.3 Å². The Hall–Kier alpha value is -2.21. The van der Waals surface area contributed by atoms with Gasteiger partial charge in [-0.3, -0.25) is 0 Å². The minimum Gasteiger partial charge on any atom is -0.478 e. The first-order valence-electron chi connectivity index (χ1n) is 6.75. The monoisotopic (exact) mass is 319 g/mol. The molecule has 6 heteroatoms. The molecular weight excluding hydrogens is 302 g/mol. The highest BCUT2D eigenvalue weighted by Crippen LogP contribution is 2.32. The molecule has 0 aliphatic carbocycles. The standard InChI is InChI=1S/C16H17NO4S/c1-9(22-2)8-11-13(15(18)19)12(14(17-11)16(20)21)10-6-4-3-5-7-10/h3-7,9,17H,8H2,1-2H3,(H,18,19)(H,20,21). The zero-order valence-electron chi connectivity index (χ0n) is 12.3. The summed E-state index contributed by atoms with van der Waals surface area (Å²) in [5.74, 6) is -2.28. The molecule has 2 rings (SSSR count). The van der Waals surface area contributed by atoms with Crippen LogP contribution in [-0.4, -0.2) is 38.6 Å². The molecule has 1 aromatic heterocycles. The highest BCUT2D eigenvalue weighted by atomic mass is 32.2. The molecule has 0 saturated heterocycles. The quantitative estimate of drug-likeness (QED) is 0.759. The van der Waals surface area contributed by atoms with Crippen LogP contribution in [0.3, 0.4) is 0 Å². The molecule has 2 aromatic rings. The van der Waals surface area contributed by atoms with Crippen molar-refractivity contribution < 1.29 is 19.8 Å². The number of rotatable bonds is 6. The molecule has 0 spiro atoms. The zero-order chi connectivity index (χ0) is 16.3. The van der Waals surface area contributed by atoms with E-state index in [-0.39, 0.29) is 22.1 Å². The van der Waals surface area contributed by atoms with Gasteiger partial charge in [-0.05, 0) is 18.2 Å². The van der Waals surface area contributed by atoms with Gasteiger partial charge in [0.15, 0.2) is 0 Å². The summed E-state index contributed by atoms with van der Waals surface area (Å²) in [6, 6.07) is 8.73. The lowest BCUT2D eigenvalue weighted by molar-refractivity contribution is 0.0687. The number of aromatic amines is 1. The molecule has 0 aliphatic rings. The van der Waals surface area contributed by atoms with Crippen LogP contribution in [-0.2, 0) is 6.42 Å². The van der Waals surface area contributed by atoms with E-state index < -0.39 is 11.9 Å². The average molecular weight is 319 g/mol. The average Bonchev–Trinajstić information content (AvgIpc) is 2.87. The highest BCUT2D eigenvalue weighted by Gasteiger charge is 2.27. The van der Waals surface area contributed by atoms with E-state index in [1.165, 1.54) is 0 Å². The predicted molar refractivity (Wildman–Crippen MR) is 86.8 cm³/mol. The Balaban J connectivity index is 2.68. The number of nitrogens with one attached hydrogen (secondary N) is 1. The third-order valence-electron chi connectivity index (χ3n) is 3.46. The number of carboxylic acids is 2.